The van der Waals surface area contributed by atoms with Gasteiger partial charge < -0.3 is 14.2 Å². The lowest BCUT2D eigenvalue weighted by Gasteiger charge is -2.34. The van der Waals surface area contributed by atoms with Gasteiger partial charge in [0.15, 0.2) is 0 Å². The summed E-state index contributed by atoms with van der Waals surface area (Å²) in [5.41, 5.74) is 3.13. The van der Waals surface area contributed by atoms with Crippen LogP contribution in [0.25, 0.3) is 10.4 Å². The summed E-state index contributed by atoms with van der Waals surface area (Å²) in [5, 5.41) is 4.06. The number of carbonyl (C=O) groups is 1. The van der Waals surface area contributed by atoms with Gasteiger partial charge in [-0.25, -0.2) is 0 Å². The first-order valence-electron chi connectivity index (χ1n) is 9.46. The van der Waals surface area contributed by atoms with Crippen molar-refractivity contribution < 1.29 is 14.1 Å². The molecule has 0 bridgehead atoms. The third kappa shape index (κ3) is 3.21. The smallest absolute Gasteiger partial charge is 0.264 e. The van der Waals surface area contributed by atoms with E-state index in [0.717, 1.165) is 70.8 Å². The van der Waals surface area contributed by atoms with Crippen molar-refractivity contribution in [2.45, 2.75) is 20.1 Å². The summed E-state index contributed by atoms with van der Waals surface area (Å²) in [6.07, 6.45) is 0. The van der Waals surface area contributed by atoms with Crippen molar-refractivity contribution in [2.75, 3.05) is 26.2 Å². The van der Waals surface area contributed by atoms with E-state index in [9.17, 15) is 4.79 Å². The second-order valence-corrected chi connectivity index (χ2v) is 8.30. The van der Waals surface area contributed by atoms with Crippen molar-refractivity contribution >= 4 is 17.2 Å². The maximum Gasteiger partial charge on any atom is 0.264 e. The molecule has 1 saturated heterocycles. The molecule has 4 heterocycles. The number of aromatic nitrogens is 1. The molecule has 3 aromatic rings. The largest absolute Gasteiger partial charge is 0.488 e. The Morgan fingerprint density at radius 3 is 2.79 bits per heavy atom. The number of hydrogen-bond acceptors (Lipinski definition) is 6. The zero-order valence-electron chi connectivity index (χ0n) is 15.7. The molecule has 6 nitrogen and oxygen atoms in total. The van der Waals surface area contributed by atoms with E-state index in [1.165, 1.54) is 0 Å². The van der Waals surface area contributed by atoms with Gasteiger partial charge in [-0.1, -0.05) is 17.3 Å². The third-order valence-electron chi connectivity index (χ3n) is 5.26. The SMILES string of the molecule is Cc1cc(CN2CCN(C(=O)c3cc4c(s3)-c3ccccc3OC4)CC2)no1. The van der Waals surface area contributed by atoms with Crippen molar-refractivity contribution in [1.82, 2.24) is 15.0 Å². The predicted molar refractivity (Wildman–Crippen MR) is 107 cm³/mol. The fourth-order valence-electron chi connectivity index (χ4n) is 3.79. The van der Waals surface area contributed by atoms with Gasteiger partial charge in [0.05, 0.1) is 10.6 Å². The monoisotopic (exact) mass is 395 g/mol. The van der Waals surface area contributed by atoms with E-state index in [4.69, 9.17) is 9.26 Å². The number of ether oxygens (including phenoxy) is 1. The minimum absolute atomic E-state index is 0.119. The Labute approximate surface area is 167 Å². The number of carbonyl (C=O) groups excluding carboxylic acids is 1. The van der Waals surface area contributed by atoms with Gasteiger partial charge in [0.25, 0.3) is 5.91 Å². The minimum Gasteiger partial charge on any atom is -0.488 e. The van der Waals surface area contributed by atoms with Crippen molar-refractivity contribution in [2.24, 2.45) is 0 Å². The quantitative estimate of drug-likeness (QED) is 0.679. The zero-order chi connectivity index (χ0) is 19.1. The van der Waals surface area contributed by atoms with Crippen LogP contribution < -0.4 is 4.74 Å². The Morgan fingerprint density at radius 2 is 2.00 bits per heavy atom. The zero-order valence-corrected chi connectivity index (χ0v) is 16.5. The molecule has 0 unspecified atom stereocenters. The first-order chi connectivity index (χ1) is 13.7. The van der Waals surface area contributed by atoms with Gasteiger partial charge in [-0.15, -0.1) is 11.3 Å². The first kappa shape index (κ1) is 17.5. The Balaban J connectivity index is 1.26. The molecule has 2 aromatic heterocycles. The number of fused-ring (bicyclic) bond motifs is 3. The van der Waals surface area contributed by atoms with E-state index in [0.29, 0.717) is 6.61 Å². The minimum atomic E-state index is 0.119. The molecule has 144 valence electrons. The highest BCUT2D eigenvalue weighted by atomic mass is 32.1. The average Bonchev–Trinajstić information content (AvgIpc) is 3.34. The number of thiophene rings is 1. The highest BCUT2D eigenvalue weighted by Gasteiger charge is 2.27. The lowest BCUT2D eigenvalue weighted by molar-refractivity contribution is 0.0630. The van der Waals surface area contributed by atoms with Crippen LogP contribution in [0.2, 0.25) is 0 Å². The van der Waals surface area contributed by atoms with Crippen LogP contribution in [0.4, 0.5) is 0 Å². The molecule has 0 spiro atoms. The average molecular weight is 395 g/mol. The van der Waals surface area contributed by atoms with Gasteiger partial charge in [0, 0.05) is 54.8 Å². The maximum absolute atomic E-state index is 13.0. The molecule has 2 aliphatic rings. The fourth-order valence-corrected chi connectivity index (χ4v) is 4.96. The van der Waals surface area contributed by atoms with E-state index in [-0.39, 0.29) is 5.91 Å². The summed E-state index contributed by atoms with van der Waals surface area (Å²) in [6, 6.07) is 12.0. The summed E-state index contributed by atoms with van der Waals surface area (Å²) >= 11 is 1.58. The molecule has 7 heteroatoms. The fraction of sp³-hybridized carbons (Fsp3) is 0.333. The molecule has 0 aliphatic carbocycles. The van der Waals surface area contributed by atoms with Crippen LogP contribution in [0.5, 0.6) is 5.75 Å². The molecule has 1 fully saturated rings. The molecular weight excluding hydrogens is 374 g/mol. The second kappa shape index (κ2) is 7.07. The molecule has 0 N–H and O–H groups in total. The summed E-state index contributed by atoms with van der Waals surface area (Å²) in [5.74, 6) is 1.84. The van der Waals surface area contributed by atoms with Crippen LogP contribution >= 0.6 is 11.3 Å². The molecule has 2 aliphatic heterocycles. The topological polar surface area (TPSA) is 58.8 Å². The van der Waals surface area contributed by atoms with Gasteiger partial charge >= 0.3 is 0 Å². The number of benzene rings is 1. The second-order valence-electron chi connectivity index (χ2n) is 7.25. The van der Waals surface area contributed by atoms with Crippen LogP contribution in [0.1, 0.15) is 26.7 Å². The van der Waals surface area contributed by atoms with Crippen molar-refractivity contribution in [3.63, 3.8) is 0 Å². The van der Waals surface area contributed by atoms with Gasteiger partial charge in [-0.05, 0) is 25.1 Å². The van der Waals surface area contributed by atoms with Gasteiger partial charge in [-0.2, -0.15) is 0 Å². The van der Waals surface area contributed by atoms with E-state index >= 15 is 0 Å². The van der Waals surface area contributed by atoms with E-state index in [1.807, 2.05) is 42.2 Å². The van der Waals surface area contributed by atoms with Crippen LogP contribution in [-0.2, 0) is 13.2 Å². The van der Waals surface area contributed by atoms with Crippen molar-refractivity contribution in [3.8, 4) is 16.2 Å². The molecule has 0 atom stereocenters. The lowest BCUT2D eigenvalue weighted by atomic mass is 10.1. The predicted octanol–water partition coefficient (Wildman–Crippen LogP) is 3.56. The highest BCUT2D eigenvalue weighted by Crippen LogP contribution is 2.42. The van der Waals surface area contributed by atoms with Crippen LogP contribution in [0, 0.1) is 6.92 Å². The number of aryl methyl sites for hydroxylation is 1. The number of hydrogen-bond donors (Lipinski definition) is 0. The third-order valence-corrected chi connectivity index (χ3v) is 6.46. The maximum atomic E-state index is 13.0. The van der Waals surface area contributed by atoms with Crippen LogP contribution in [0.15, 0.2) is 40.9 Å². The first-order valence-corrected chi connectivity index (χ1v) is 10.3. The Bertz CT molecular complexity index is 1020. The molecule has 1 aromatic carbocycles. The summed E-state index contributed by atoms with van der Waals surface area (Å²) in [7, 11) is 0. The van der Waals surface area contributed by atoms with Gasteiger partial charge in [0.2, 0.25) is 0 Å². The molecule has 1 amide bonds. The standard InChI is InChI=1S/C21H21N3O3S/c1-14-10-16(22-27-14)12-23-6-8-24(9-7-23)21(25)19-11-15-13-26-18-5-3-2-4-17(18)20(15)28-19/h2-5,10-11H,6-9,12-13H2,1H3. The Kier molecular flexibility index (Phi) is 4.41. The molecule has 28 heavy (non-hydrogen) atoms. The van der Waals surface area contributed by atoms with E-state index in [1.54, 1.807) is 11.3 Å². The number of para-hydroxylation sites is 1. The normalized spacial score (nSPS) is 16.4. The number of rotatable bonds is 3. The summed E-state index contributed by atoms with van der Waals surface area (Å²) < 4.78 is 11.0. The van der Waals surface area contributed by atoms with E-state index < -0.39 is 0 Å². The van der Waals surface area contributed by atoms with Crippen molar-refractivity contribution in [3.05, 3.63) is 58.3 Å². The molecule has 0 radical (unpaired) electrons. The summed E-state index contributed by atoms with van der Waals surface area (Å²) in [4.78, 5) is 19.3. The van der Waals surface area contributed by atoms with E-state index in [2.05, 4.69) is 16.1 Å². The molecule has 0 saturated carbocycles. The summed E-state index contributed by atoms with van der Waals surface area (Å²) in [6.45, 7) is 6.33. The molecular formula is C21H21N3O3S. The van der Waals surface area contributed by atoms with Crippen LogP contribution in [0.3, 0.4) is 0 Å². The Hall–Kier alpha value is -2.64. The number of amides is 1. The van der Waals surface area contributed by atoms with Crippen molar-refractivity contribution in [1.29, 1.82) is 0 Å². The molecule has 5 rings (SSSR count). The number of nitrogens with zero attached hydrogens (tertiary/aromatic N) is 3. The Morgan fingerprint density at radius 1 is 1.18 bits per heavy atom. The van der Waals surface area contributed by atoms with Gasteiger partial charge in [-0.3, -0.25) is 9.69 Å². The van der Waals surface area contributed by atoms with Gasteiger partial charge in [0.1, 0.15) is 18.1 Å². The number of piperazine rings is 1. The highest BCUT2D eigenvalue weighted by molar-refractivity contribution is 7.17. The lowest BCUT2D eigenvalue weighted by Crippen LogP contribution is -2.48. The van der Waals surface area contributed by atoms with Crippen LogP contribution in [-0.4, -0.2) is 47.0 Å².